The number of nitrogens with one attached hydrogen (secondary N) is 1. The van der Waals surface area contributed by atoms with Gasteiger partial charge in [-0.1, -0.05) is 12.2 Å². The molecular formula is C8H11N. The highest BCUT2D eigenvalue weighted by molar-refractivity contribution is 5.78. The predicted octanol–water partition coefficient (Wildman–Crippen LogP) is 2.30. The van der Waals surface area contributed by atoms with E-state index in [9.17, 15) is 0 Å². The Bertz CT molecular complexity index is 175. The monoisotopic (exact) mass is 121 g/mol. The maximum Gasteiger partial charge on any atom is 0.0212 e. The van der Waals surface area contributed by atoms with Crippen molar-refractivity contribution in [2.75, 3.05) is 0 Å². The van der Waals surface area contributed by atoms with E-state index in [2.05, 4.69) is 19.1 Å². The Balaban J connectivity index is 2.84. The molecule has 0 aromatic rings. The van der Waals surface area contributed by atoms with E-state index in [0.717, 1.165) is 12.8 Å². The molecule has 0 aromatic heterocycles. The first-order valence-corrected chi connectivity index (χ1v) is 3.21. The van der Waals surface area contributed by atoms with Gasteiger partial charge in [-0.05, 0) is 30.9 Å². The van der Waals surface area contributed by atoms with Crippen LogP contribution in [0.5, 0.6) is 0 Å². The van der Waals surface area contributed by atoms with Crippen molar-refractivity contribution in [1.82, 2.24) is 0 Å². The summed E-state index contributed by atoms with van der Waals surface area (Å²) in [5, 5.41) is 7.01. The van der Waals surface area contributed by atoms with Crippen LogP contribution in [0.2, 0.25) is 0 Å². The fraction of sp³-hybridized carbons (Fsp3) is 0.375. The van der Waals surface area contributed by atoms with E-state index in [-0.39, 0.29) is 0 Å². The van der Waals surface area contributed by atoms with E-state index in [0.29, 0.717) is 0 Å². The lowest BCUT2D eigenvalue weighted by atomic mass is 10.00. The SMILES string of the molecule is CC1=C(C=N)CCC=C1. The molecule has 0 heterocycles. The first-order chi connectivity index (χ1) is 4.34. The molecule has 0 radical (unpaired) electrons. The van der Waals surface area contributed by atoms with E-state index >= 15 is 0 Å². The molecule has 1 aliphatic carbocycles. The summed E-state index contributed by atoms with van der Waals surface area (Å²) in [6.07, 6.45) is 7.85. The summed E-state index contributed by atoms with van der Waals surface area (Å²) in [6.45, 7) is 2.05. The van der Waals surface area contributed by atoms with Crippen LogP contribution in [0.4, 0.5) is 0 Å². The summed E-state index contributed by atoms with van der Waals surface area (Å²) < 4.78 is 0. The summed E-state index contributed by atoms with van der Waals surface area (Å²) in [5.41, 5.74) is 2.42. The first kappa shape index (κ1) is 6.27. The van der Waals surface area contributed by atoms with Gasteiger partial charge >= 0.3 is 0 Å². The van der Waals surface area contributed by atoms with Crippen LogP contribution in [0.3, 0.4) is 0 Å². The molecule has 0 bridgehead atoms. The molecular weight excluding hydrogens is 110 g/mol. The quantitative estimate of drug-likeness (QED) is 0.515. The highest BCUT2D eigenvalue weighted by Gasteiger charge is 1.99. The molecule has 1 heteroatoms. The second-order valence-electron chi connectivity index (χ2n) is 2.29. The third-order valence-corrected chi connectivity index (χ3v) is 1.63. The van der Waals surface area contributed by atoms with Gasteiger partial charge in [0.05, 0.1) is 0 Å². The molecule has 0 amide bonds. The number of hydrogen-bond donors (Lipinski definition) is 1. The standard InChI is InChI=1S/C8H11N/c1-7-4-2-3-5-8(7)6-9/h2,4,6,9H,3,5H2,1H3. The molecule has 0 fully saturated rings. The summed E-state index contributed by atoms with van der Waals surface area (Å²) in [5.74, 6) is 0. The molecule has 0 saturated carbocycles. The lowest BCUT2D eigenvalue weighted by Crippen LogP contribution is -1.91. The Labute approximate surface area is 55.6 Å². The van der Waals surface area contributed by atoms with E-state index in [4.69, 9.17) is 5.41 Å². The van der Waals surface area contributed by atoms with Crippen molar-refractivity contribution < 1.29 is 0 Å². The first-order valence-electron chi connectivity index (χ1n) is 3.21. The summed E-state index contributed by atoms with van der Waals surface area (Å²) in [4.78, 5) is 0. The second-order valence-corrected chi connectivity index (χ2v) is 2.29. The zero-order valence-corrected chi connectivity index (χ0v) is 5.65. The van der Waals surface area contributed by atoms with Gasteiger partial charge in [0.2, 0.25) is 0 Å². The summed E-state index contributed by atoms with van der Waals surface area (Å²) in [6, 6.07) is 0. The fourth-order valence-electron chi connectivity index (χ4n) is 0.989. The molecule has 48 valence electrons. The van der Waals surface area contributed by atoms with Crippen molar-refractivity contribution in [2.45, 2.75) is 19.8 Å². The molecule has 0 spiro atoms. The van der Waals surface area contributed by atoms with Crippen LogP contribution in [-0.2, 0) is 0 Å². The number of hydrogen-bond acceptors (Lipinski definition) is 1. The molecule has 0 atom stereocenters. The van der Waals surface area contributed by atoms with Crippen LogP contribution in [0, 0.1) is 5.41 Å². The Hall–Kier alpha value is -0.850. The summed E-state index contributed by atoms with van der Waals surface area (Å²) in [7, 11) is 0. The molecule has 0 aromatic carbocycles. The molecule has 1 N–H and O–H groups in total. The van der Waals surface area contributed by atoms with E-state index in [1.807, 2.05) is 0 Å². The Morgan fingerprint density at radius 2 is 2.44 bits per heavy atom. The number of allylic oxidation sites excluding steroid dienone is 4. The lowest BCUT2D eigenvalue weighted by molar-refractivity contribution is 0.986. The summed E-state index contributed by atoms with van der Waals surface area (Å²) >= 11 is 0. The minimum absolute atomic E-state index is 1.05. The maximum absolute atomic E-state index is 7.01. The average molecular weight is 121 g/mol. The maximum atomic E-state index is 7.01. The van der Waals surface area contributed by atoms with E-state index in [1.165, 1.54) is 17.4 Å². The normalized spacial score (nSPS) is 18.3. The average Bonchev–Trinajstić information content (AvgIpc) is 1.89. The predicted molar refractivity (Wildman–Crippen MR) is 39.9 cm³/mol. The topological polar surface area (TPSA) is 23.9 Å². The van der Waals surface area contributed by atoms with Gasteiger partial charge in [0.1, 0.15) is 0 Å². The van der Waals surface area contributed by atoms with Gasteiger partial charge in [-0.2, -0.15) is 0 Å². The van der Waals surface area contributed by atoms with Gasteiger partial charge in [-0.3, -0.25) is 0 Å². The molecule has 0 unspecified atom stereocenters. The number of rotatable bonds is 1. The third-order valence-electron chi connectivity index (χ3n) is 1.63. The molecule has 1 aliphatic rings. The largest absolute Gasteiger partial charge is 0.308 e. The van der Waals surface area contributed by atoms with Crippen molar-refractivity contribution in [1.29, 1.82) is 5.41 Å². The van der Waals surface area contributed by atoms with Crippen LogP contribution in [0.25, 0.3) is 0 Å². The Morgan fingerprint density at radius 1 is 1.67 bits per heavy atom. The molecule has 1 rings (SSSR count). The third kappa shape index (κ3) is 1.28. The van der Waals surface area contributed by atoms with Crippen molar-refractivity contribution in [3.8, 4) is 0 Å². The van der Waals surface area contributed by atoms with Gasteiger partial charge in [0, 0.05) is 6.21 Å². The minimum Gasteiger partial charge on any atom is -0.308 e. The van der Waals surface area contributed by atoms with Crippen LogP contribution < -0.4 is 0 Å². The van der Waals surface area contributed by atoms with Gasteiger partial charge in [-0.25, -0.2) is 0 Å². The van der Waals surface area contributed by atoms with Crippen molar-refractivity contribution in [3.05, 3.63) is 23.3 Å². The highest BCUT2D eigenvalue weighted by atomic mass is 14.3. The van der Waals surface area contributed by atoms with Crippen LogP contribution in [0.15, 0.2) is 23.3 Å². The van der Waals surface area contributed by atoms with Crippen LogP contribution in [0.1, 0.15) is 19.8 Å². The van der Waals surface area contributed by atoms with Gasteiger partial charge in [0.15, 0.2) is 0 Å². The molecule has 0 saturated heterocycles. The lowest BCUT2D eigenvalue weighted by Gasteiger charge is -2.06. The smallest absolute Gasteiger partial charge is 0.0212 e. The van der Waals surface area contributed by atoms with E-state index in [1.54, 1.807) is 0 Å². The zero-order chi connectivity index (χ0) is 6.69. The van der Waals surface area contributed by atoms with Gasteiger partial charge in [0.25, 0.3) is 0 Å². The Morgan fingerprint density at radius 3 is 2.89 bits per heavy atom. The van der Waals surface area contributed by atoms with Gasteiger partial charge < -0.3 is 5.41 Å². The highest BCUT2D eigenvalue weighted by Crippen LogP contribution is 2.15. The molecule has 1 nitrogen and oxygen atoms in total. The van der Waals surface area contributed by atoms with Crippen molar-refractivity contribution in [2.24, 2.45) is 0 Å². The second kappa shape index (κ2) is 2.62. The fourth-order valence-corrected chi connectivity index (χ4v) is 0.989. The molecule has 9 heavy (non-hydrogen) atoms. The van der Waals surface area contributed by atoms with Crippen molar-refractivity contribution >= 4 is 6.21 Å². The Kier molecular flexibility index (Phi) is 1.83. The molecule has 0 aliphatic heterocycles. The zero-order valence-electron chi connectivity index (χ0n) is 5.65. The minimum atomic E-state index is 1.05. The van der Waals surface area contributed by atoms with Gasteiger partial charge in [-0.15, -0.1) is 0 Å². The van der Waals surface area contributed by atoms with Crippen molar-refractivity contribution in [3.63, 3.8) is 0 Å². The van der Waals surface area contributed by atoms with Crippen LogP contribution >= 0.6 is 0 Å². The van der Waals surface area contributed by atoms with E-state index < -0.39 is 0 Å². The van der Waals surface area contributed by atoms with Crippen LogP contribution in [-0.4, -0.2) is 6.21 Å².